The van der Waals surface area contributed by atoms with Crippen LogP contribution < -0.4 is 0 Å². The third kappa shape index (κ3) is 3.34. The molecule has 1 aliphatic rings. The number of carboxylic acid groups (broad SMARTS) is 1. The van der Waals surface area contributed by atoms with Crippen molar-refractivity contribution in [3.05, 3.63) is 66.1 Å². The lowest BCUT2D eigenvalue weighted by atomic mass is 10.0. The summed E-state index contributed by atoms with van der Waals surface area (Å²) in [5.41, 5.74) is 3.06. The maximum Gasteiger partial charge on any atom is 0.325 e. The summed E-state index contributed by atoms with van der Waals surface area (Å²) in [5.74, 6) is -0.794. The lowest BCUT2D eigenvalue weighted by molar-refractivity contribution is -0.144. The quantitative estimate of drug-likeness (QED) is 0.740. The summed E-state index contributed by atoms with van der Waals surface area (Å²) >= 11 is 0. The van der Waals surface area contributed by atoms with Gasteiger partial charge >= 0.3 is 5.97 Å². The molecule has 1 aliphatic heterocycles. The first-order chi connectivity index (χ1) is 12.7. The molecule has 2 N–H and O–H groups in total. The molecule has 0 bridgehead atoms. The van der Waals surface area contributed by atoms with Crippen molar-refractivity contribution in [3.8, 4) is 0 Å². The zero-order chi connectivity index (χ0) is 17.9. The summed E-state index contributed by atoms with van der Waals surface area (Å²) in [7, 11) is 0. The Labute approximate surface area is 152 Å². The molecule has 26 heavy (non-hydrogen) atoms. The molecule has 1 saturated heterocycles. The van der Waals surface area contributed by atoms with Crippen LogP contribution in [0.1, 0.15) is 17.2 Å². The number of rotatable bonds is 5. The van der Waals surface area contributed by atoms with E-state index in [1.807, 2.05) is 55.0 Å². The highest BCUT2D eigenvalue weighted by Gasteiger charge is 2.31. The number of carbonyl (C=O) groups is 1. The molecule has 0 unspecified atom stereocenters. The Morgan fingerprint density at radius 1 is 1.12 bits per heavy atom. The van der Waals surface area contributed by atoms with Crippen molar-refractivity contribution < 1.29 is 9.90 Å². The zero-order valence-electron chi connectivity index (χ0n) is 14.5. The van der Waals surface area contributed by atoms with Crippen LogP contribution in [-0.2, 0) is 11.3 Å². The van der Waals surface area contributed by atoms with Gasteiger partial charge in [-0.1, -0.05) is 18.2 Å². The lowest BCUT2D eigenvalue weighted by Crippen LogP contribution is -2.48. The van der Waals surface area contributed by atoms with Gasteiger partial charge in [0.2, 0.25) is 0 Å². The fraction of sp³-hybridized carbons (Fsp3) is 0.300. The van der Waals surface area contributed by atoms with E-state index in [9.17, 15) is 9.90 Å². The Morgan fingerprint density at radius 2 is 1.85 bits per heavy atom. The van der Waals surface area contributed by atoms with Crippen LogP contribution in [0.3, 0.4) is 0 Å². The second-order valence-electron chi connectivity index (χ2n) is 6.70. The number of aromatic nitrogens is 2. The molecule has 134 valence electrons. The number of pyridine rings is 1. The van der Waals surface area contributed by atoms with Crippen LogP contribution in [0.15, 0.2) is 55.0 Å². The number of hydrogen-bond donors (Lipinski definition) is 2. The number of H-pyrrole nitrogens is 1. The normalized spacial score (nSPS) is 17.4. The Bertz CT molecular complexity index is 885. The molecule has 0 amide bonds. The van der Waals surface area contributed by atoms with Crippen molar-refractivity contribution >= 4 is 16.9 Å². The van der Waals surface area contributed by atoms with E-state index < -0.39 is 12.0 Å². The minimum absolute atomic E-state index is 0.616. The number of hydrogen-bond acceptors (Lipinski definition) is 4. The third-order valence-corrected chi connectivity index (χ3v) is 5.08. The number of aliphatic carboxylic acids is 1. The largest absolute Gasteiger partial charge is 0.480 e. The number of benzene rings is 1. The minimum atomic E-state index is -0.794. The molecule has 3 aromatic rings. The Morgan fingerprint density at radius 3 is 2.58 bits per heavy atom. The van der Waals surface area contributed by atoms with E-state index in [-0.39, 0.29) is 0 Å². The fourth-order valence-corrected chi connectivity index (χ4v) is 3.73. The van der Waals surface area contributed by atoms with E-state index in [0.29, 0.717) is 0 Å². The van der Waals surface area contributed by atoms with Crippen LogP contribution in [0, 0.1) is 0 Å². The fourth-order valence-electron chi connectivity index (χ4n) is 3.73. The van der Waals surface area contributed by atoms with Gasteiger partial charge in [0.1, 0.15) is 6.04 Å². The van der Waals surface area contributed by atoms with Gasteiger partial charge in [-0.15, -0.1) is 0 Å². The van der Waals surface area contributed by atoms with Crippen LogP contribution in [0.2, 0.25) is 0 Å². The summed E-state index contributed by atoms with van der Waals surface area (Å²) in [6.45, 7) is 4.06. The molecular weight excluding hydrogens is 328 g/mol. The number of carboxylic acids is 1. The summed E-state index contributed by atoms with van der Waals surface area (Å²) in [6.07, 6.45) is 5.46. The van der Waals surface area contributed by atoms with Gasteiger partial charge in [0.15, 0.2) is 0 Å². The highest BCUT2D eigenvalue weighted by atomic mass is 16.4. The summed E-state index contributed by atoms with van der Waals surface area (Å²) < 4.78 is 0. The van der Waals surface area contributed by atoms with E-state index in [1.54, 1.807) is 0 Å². The molecule has 0 aliphatic carbocycles. The molecule has 0 radical (unpaired) electrons. The summed E-state index contributed by atoms with van der Waals surface area (Å²) in [5, 5.41) is 10.9. The molecule has 0 saturated carbocycles. The van der Waals surface area contributed by atoms with E-state index >= 15 is 0 Å². The molecule has 1 fully saturated rings. The molecule has 1 aromatic carbocycles. The maximum atomic E-state index is 12.0. The molecular formula is C20H22N4O2. The van der Waals surface area contributed by atoms with Gasteiger partial charge in [-0.25, -0.2) is 0 Å². The number of para-hydroxylation sites is 1. The first-order valence-electron chi connectivity index (χ1n) is 8.86. The van der Waals surface area contributed by atoms with E-state index in [1.165, 1.54) is 5.56 Å². The molecule has 0 spiro atoms. The van der Waals surface area contributed by atoms with Crippen molar-refractivity contribution in [2.45, 2.75) is 12.6 Å². The lowest BCUT2D eigenvalue weighted by Gasteiger charge is -2.37. The Balaban J connectivity index is 1.48. The molecule has 6 nitrogen and oxygen atoms in total. The zero-order valence-corrected chi connectivity index (χ0v) is 14.5. The van der Waals surface area contributed by atoms with Gasteiger partial charge in [0.25, 0.3) is 0 Å². The first-order valence-corrected chi connectivity index (χ1v) is 8.86. The van der Waals surface area contributed by atoms with Gasteiger partial charge in [0.05, 0.1) is 0 Å². The van der Waals surface area contributed by atoms with Crippen molar-refractivity contribution in [2.24, 2.45) is 0 Å². The number of piperazine rings is 1. The predicted octanol–water partition coefficient (Wildman–Crippen LogP) is 2.51. The smallest absolute Gasteiger partial charge is 0.325 e. The molecule has 3 heterocycles. The van der Waals surface area contributed by atoms with Gasteiger partial charge in [0, 0.05) is 67.8 Å². The Kier molecular flexibility index (Phi) is 4.69. The van der Waals surface area contributed by atoms with E-state index in [2.05, 4.69) is 19.8 Å². The number of nitrogens with zero attached hydrogens (tertiary/aromatic N) is 3. The Hall–Kier alpha value is -2.70. The highest BCUT2D eigenvalue weighted by Crippen LogP contribution is 2.29. The van der Waals surface area contributed by atoms with Crippen LogP contribution in [-0.4, -0.2) is 57.0 Å². The minimum Gasteiger partial charge on any atom is -0.480 e. The van der Waals surface area contributed by atoms with Gasteiger partial charge in [-0.05, 0) is 23.8 Å². The SMILES string of the molecule is O=C(O)[C@@H](c1c[nH]c2ccccc12)N1CCN(Cc2ccncc2)CC1. The topological polar surface area (TPSA) is 72.5 Å². The van der Waals surface area contributed by atoms with Crippen molar-refractivity contribution in [3.63, 3.8) is 0 Å². The van der Waals surface area contributed by atoms with Crippen LogP contribution in [0.25, 0.3) is 10.9 Å². The van der Waals surface area contributed by atoms with Crippen molar-refractivity contribution in [1.29, 1.82) is 0 Å². The standard InChI is InChI=1S/C20H22N4O2/c25-20(26)19(17-13-22-18-4-2-1-3-16(17)18)24-11-9-23(10-12-24)14-15-5-7-21-8-6-15/h1-8,13,19,22H,9-12,14H2,(H,25,26)/t19-/m1/s1. The van der Waals surface area contributed by atoms with Crippen molar-refractivity contribution in [1.82, 2.24) is 19.8 Å². The van der Waals surface area contributed by atoms with Gasteiger partial charge < -0.3 is 10.1 Å². The average molecular weight is 350 g/mol. The van der Waals surface area contributed by atoms with E-state index in [0.717, 1.165) is 49.2 Å². The first kappa shape index (κ1) is 16.8. The highest BCUT2D eigenvalue weighted by molar-refractivity contribution is 5.89. The number of aromatic amines is 1. The van der Waals surface area contributed by atoms with Gasteiger partial charge in [-0.3, -0.25) is 19.6 Å². The van der Waals surface area contributed by atoms with Crippen LogP contribution in [0.5, 0.6) is 0 Å². The second-order valence-corrected chi connectivity index (χ2v) is 6.70. The summed E-state index contributed by atoms with van der Waals surface area (Å²) in [4.78, 5) is 23.7. The molecule has 4 rings (SSSR count). The monoisotopic (exact) mass is 350 g/mol. The molecule has 6 heteroatoms. The average Bonchev–Trinajstić information content (AvgIpc) is 3.08. The number of fused-ring (bicyclic) bond motifs is 1. The van der Waals surface area contributed by atoms with E-state index in [4.69, 9.17) is 0 Å². The van der Waals surface area contributed by atoms with Crippen LogP contribution >= 0.6 is 0 Å². The molecule has 1 atom stereocenters. The third-order valence-electron chi connectivity index (χ3n) is 5.08. The molecule has 2 aromatic heterocycles. The predicted molar refractivity (Wildman–Crippen MR) is 99.8 cm³/mol. The number of nitrogens with one attached hydrogen (secondary N) is 1. The maximum absolute atomic E-state index is 12.0. The van der Waals surface area contributed by atoms with Gasteiger partial charge in [-0.2, -0.15) is 0 Å². The second kappa shape index (κ2) is 7.27. The summed E-state index contributed by atoms with van der Waals surface area (Å²) in [6, 6.07) is 11.3. The van der Waals surface area contributed by atoms with Crippen molar-refractivity contribution in [2.75, 3.05) is 26.2 Å². The van der Waals surface area contributed by atoms with Crippen LogP contribution in [0.4, 0.5) is 0 Å².